The summed E-state index contributed by atoms with van der Waals surface area (Å²) in [5.74, 6) is -0.324. The van der Waals surface area contributed by atoms with Crippen molar-refractivity contribution in [3.05, 3.63) is 22.0 Å². The smallest absolute Gasteiger partial charge is 0.410 e. The van der Waals surface area contributed by atoms with Crippen LogP contribution in [-0.2, 0) is 7.05 Å². The fraction of sp³-hybridized carbons (Fsp3) is 0.100. The standard InChI is InChI=1S/C10H9IN4O3/c1-15-8(6(11)4-13-15)5-2-7(16)9(12-3-5)14-10(17)18/h2-4,16H,1H3,(H,12,14)(H,17,18). The number of carbonyl (C=O) groups is 1. The number of nitrogens with one attached hydrogen (secondary N) is 1. The number of rotatable bonds is 2. The third-order valence-corrected chi connectivity index (χ3v) is 3.05. The van der Waals surface area contributed by atoms with Crippen molar-refractivity contribution in [1.82, 2.24) is 14.8 Å². The molecule has 2 rings (SSSR count). The molecule has 0 bridgehead atoms. The molecule has 0 atom stereocenters. The minimum absolute atomic E-state index is 0.0940. The number of aromatic nitrogens is 3. The molecule has 94 valence electrons. The maximum absolute atomic E-state index is 10.5. The lowest BCUT2D eigenvalue weighted by Crippen LogP contribution is -2.09. The van der Waals surface area contributed by atoms with Crippen molar-refractivity contribution in [3.8, 4) is 17.0 Å². The first-order chi connectivity index (χ1) is 8.49. The van der Waals surface area contributed by atoms with E-state index in [1.807, 2.05) is 5.32 Å². The molecule has 0 fully saturated rings. The van der Waals surface area contributed by atoms with Gasteiger partial charge in [0, 0.05) is 18.8 Å². The van der Waals surface area contributed by atoms with Crippen molar-refractivity contribution in [2.75, 3.05) is 5.32 Å². The maximum Gasteiger partial charge on any atom is 0.410 e. The van der Waals surface area contributed by atoms with Gasteiger partial charge in [0.25, 0.3) is 0 Å². The van der Waals surface area contributed by atoms with E-state index in [1.54, 1.807) is 17.9 Å². The molecule has 1 amide bonds. The molecule has 0 saturated carbocycles. The van der Waals surface area contributed by atoms with Gasteiger partial charge >= 0.3 is 6.09 Å². The average molecular weight is 360 g/mol. The fourth-order valence-corrected chi connectivity index (χ4v) is 2.30. The molecule has 0 aliphatic heterocycles. The second-order valence-electron chi connectivity index (χ2n) is 3.49. The minimum Gasteiger partial charge on any atom is -0.504 e. The van der Waals surface area contributed by atoms with Crippen LogP contribution in [0.3, 0.4) is 0 Å². The molecular weight excluding hydrogens is 351 g/mol. The van der Waals surface area contributed by atoms with Gasteiger partial charge in [0.05, 0.1) is 15.5 Å². The molecule has 0 unspecified atom stereocenters. The summed E-state index contributed by atoms with van der Waals surface area (Å²) in [6.45, 7) is 0. The van der Waals surface area contributed by atoms with Crippen LogP contribution in [0.1, 0.15) is 0 Å². The van der Waals surface area contributed by atoms with Gasteiger partial charge in [-0.25, -0.2) is 9.78 Å². The summed E-state index contributed by atoms with van der Waals surface area (Å²) in [4.78, 5) is 14.3. The second-order valence-corrected chi connectivity index (χ2v) is 4.65. The number of nitrogens with zero attached hydrogens (tertiary/aromatic N) is 3. The Balaban J connectivity index is 2.43. The van der Waals surface area contributed by atoms with Crippen LogP contribution in [0.15, 0.2) is 18.5 Å². The molecule has 7 nitrogen and oxygen atoms in total. The number of hydrogen-bond donors (Lipinski definition) is 3. The lowest BCUT2D eigenvalue weighted by molar-refractivity contribution is 0.209. The Morgan fingerprint density at radius 2 is 2.22 bits per heavy atom. The first kappa shape index (κ1) is 12.6. The van der Waals surface area contributed by atoms with Crippen molar-refractivity contribution >= 4 is 34.5 Å². The topological polar surface area (TPSA) is 100 Å². The fourth-order valence-electron chi connectivity index (χ4n) is 1.52. The van der Waals surface area contributed by atoms with E-state index in [-0.39, 0.29) is 11.6 Å². The number of pyridine rings is 1. The molecule has 2 heterocycles. The largest absolute Gasteiger partial charge is 0.504 e. The van der Waals surface area contributed by atoms with Crippen molar-refractivity contribution in [1.29, 1.82) is 0 Å². The molecule has 18 heavy (non-hydrogen) atoms. The molecule has 2 aromatic rings. The van der Waals surface area contributed by atoms with Gasteiger partial charge < -0.3 is 10.2 Å². The zero-order chi connectivity index (χ0) is 13.3. The molecule has 0 saturated heterocycles. The SMILES string of the molecule is Cn1ncc(I)c1-c1cnc(NC(=O)O)c(O)c1. The third-order valence-electron chi connectivity index (χ3n) is 2.26. The van der Waals surface area contributed by atoms with Gasteiger partial charge in [-0.15, -0.1) is 0 Å². The number of amides is 1. The van der Waals surface area contributed by atoms with E-state index in [4.69, 9.17) is 5.11 Å². The van der Waals surface area contributed by atoms with E-state index in [0.717, 1.165) is 9.26 Å². The maximum atomic E-state index is 10.5. The van der Waals surface area contributed by atoms with Crippen molar-refractivity contribution < 1.29 is 15.0 Å². The second kappa shape index (κ2) is 4.80. The summed E-state index contributed by atoms with van der Waals surface area (Å²) in [5.41, 5.74) is 1.47. The van der Waals surface area contributed by atoms with Crippen LogP contribution >= 0.6 is 22.6 Å². The number of aryl methyl sites for hydroxylation is 1. The van der Waals surface area contributed by atoms with Gasteiger partial charge in [-0.05, 0) is 28.7 Å². The number of aromatic hydroxyl groups is 1. The van der Waals surface area contributed by atoms with Crippen LogP contribution < -0.4 is 5.32 Å². The van der Waals surface area contributed by atoms with Crippen LogP contribution in [-0.4, -0.2) is 31.1 Å². The summed E-state index contributed by atoms with van der Waals surface area (Å²) in [6.07, 6.45) is 1.89. The van der Waals surface area contributed by atoms with Gasteiger partial charge in [-0.3, -0.25) is 10.00 Å². The summed E-state index contributed by atoms with van der Waals surface area (Å²) in [7, 11) is 1.78. The van der Waals surface area contributed by atoms with E-state index >= 15 is 0 Å². The Bertz CT molecular complexity index is 592. The average Bonchev–Trinajstić information content (AvgIpc) is 2.61. The van der Waals surface area contributed by atoms with Crippen LogP contribution in [0.4, 0.5) is 10.6 Å². The summed E-state index contributed by atoms with van der Waals surface area (Å²) < 4.78 is 2.57. The quantitative estimate of drug-likeness (QED) is 0.710. The highest BCUT2D eigenvalue weighted by molar-refractivity contribution is 14.1. The van der Waals surface area contributed by atoms with E-state index < -0.39 is 6.09 Å². The van der Waals surface area contributed by atoms with Crippen molar-refractivity contribution in [2.45, 2.75) is 0 Å². The Morgan fingerprint density at radius 1 is 1.50 bits per heavy atom. The molecule has 0 radical (unpaired) electrons. The van der Waals surface area contributed by atoms with Crippen LogP contribution in [0.2, 0.25) is 0 Å². The van der Waals surface area contributed by atoms with Crippen LogP contribution in [0.25, 0.3) is 11.3 Å². The molecule has 2 aromatic heterocycles. The summed E-state index contributed by atoms with van der Waals surface area (Å²) >= 11 is 2.12. The zero-order valence-corrected chi connectivity index (χ0v) is 11.4. The first-order valence-electron chi connectivity index (χ1n) is 4.86. The molecule has 0 aliphatic rings. The molecule has 3 N–H and O–H groups in total. The lowest BCUT2D eigenvalue weighted by Gasteiger charge is -2.07. The van der Waals surface area contributed by atoms with E-state index in [1.165, 1.54) is 12.3 Å². The molecule has 8 heteroatoms. The Labute approximate surface area is 116 Å². The highest BCUT2D eigenvalue weighted by Crippen LogP contribution is 2.29. The summed E-state index contributed by atoms with van der Waals surface area (Å²) in [6, 6.07) is 1.44. The minimum atomic E-state index is -1.28. The summed E-state index contributed by atoms with van der Waals surface area (Å²) in [5, 5.41) is 24.3. The van der Waals surface area contributed by atoms with Crippen molar-refractivity contribution in [3.63, 3.8) is 0 Å². The monoisotopic (exact) mass is 360 g/mol. The number of halogens is 1. The zero-order valence-electron chi connectivity index (χ0n) is 9.25. The molecule has 0 spiro atoms. The predicted octanol–water partition coefficient (Wildman–Crippen LogP) is 1.88. The Morgan fingerprint density at radius 3 is 2.72 bits per heavy atom. The van der Waals surface area contributed by atoms with Crippen LogP contribution in [0, 0.1) is 3.57 Å². The Kier molecular flexibility index (Phi) is 3.36. The molecular formula is C10H9IN4O3. The van der Waals surface area contributed by atoms with E-state index in [2.05, 4.69) is 32.7 Å². The Hall–Kier alpha value is -1.84. The number of anilines is 1. The van der Waals surface area contributed by atoms with E-state index in [9.17, 15) is 9.90 Å². The van der Waals surface area contributed by atoms with Gasteiger partial charge in [0.15, 0.2) is 11.6 Å². The molecule has 0 aliphatic carbocycles. The number of carboxylic acid groups (broad SMARTS) is 1. The highest BCUT2D eigenvalue weighted by atomic mass is 127. The van der Waals surface area contributed by atoms with E-state index in [0.29, 0.717) is 5.56 Å². The molecule has 0 aromatic carbocycles. The van der Waals surface area contributed by atoms with Gasteiger partial charge in [0.2, 0.25) is 0 Å². The van der Waals surface area contributed by atoms with Gasteiger partial charge in [0.1, 0.15) is 0 Å². The number of hydrogen-bond acceptors (Lipinski definition) is 4. The predicted molar refractivity (Wildman–Crippen MR) is 72.5 cm³/mol. The van der Waals surface area contributed by atoms with Gasteiger partial charge in [-0.1, -0.05) is 0 Å². The van der Waals surface area contributed by atoms with Crippen LogP contribution in [0.5, 0.6) is 5.75 Å². The van der Waals surface area contributed by atoms with Gasteiger partial charge in [-0.2, -0.15) is 5.10 Å². The normalized spacial score (nSPS) is 10.3. The third kappa shape index (κ3) is 2.37. The first-order valence-corrected chi connectivity index (χ1v) is 5.93. The lowest BCUT2D eigenvalue weighted by atomic mass is 10.2. The highest BCUT2D eigenvalue weighted by Gasteiger charge is 2.13. The van der Waals surface area contributed by atoms with Crippen molar-refractivity contribution in [2.24, 2.45) is 7.05 Å².